The number of methoxy groups -OCH3 is 1. The van der Waals surface area contributed by atoms with Crippen molar-refractivity contribution in [3.8, 4) is 5.75 Å². The Balaban J connectivity index is 1.74. The van der Waals surface area contributed by atoms with E-state index in [9.17, 15) is 18.3 Å². The Bertz CT molecular complexity index is 963. The standard InChI is InChI=1S/C19H21IN2O5S/c1-27-18-9-4-13(11-17(18)20)19(24)21-14-5-7-16(8-6-14)28(25,26)22-10-2-3-15(22)12-23/h4-9,11,15,23H,2-3,10,12H2,1H3,(H,21,24)/t15-/m0/s1. The van der Waals surface area contributed by atoms with Crippen LogP contribution in [0.3, 0.4) is 0 Å². The predicted octanol–water partition coefficient (Wildman–Crippen LogP) is 2.70. The highest BCUT2D eigenvalue weighted by atomic mass is 127. The number of ether oxygens (including phenoxy) is 1. The Labute approximate surface area is 177 Å². The van der Waals surface area contributed by atoms with Gasteiger partial charge in [-0.25, -0.2) is 8.42 Å². The first-order valence-electron chi connectivity index (χ1n) is 8.74. The molecule has 0 spiro atoms. The maximum absolute atomic E-state index is 12.8. The van der Waals surface area contributed by atoms with Gasteiger partial charge in [-0.2, -0.15) is 4.31 Å². The minimum absolute atomic E-state index is 0.143. The van der Waals surface area contributed by atoms with Gasteiger partial charge in [-0.05, 0) is 77.9 Å². The molecule has 0 aromatic heterocycles. The van der Waals surface area contributed by atoms with E-state index < -0.39 is 10.0 Å². The molecule has 1 amide bonds. The molecule has 28 heavy (non-hydrogen) atoms. The summed E-state index contributed by atoms with van der Waals surface area (Å²) >= 11 is 2.09. The normalized spacial score (nSPS) is 17.5. The minimum atomic E-state index is -3.66. The molecular formula is C19H21IN2O5S. The summed E-state index contributed by atoms with van der Waals surface area (Å²) in [6.07, 6.45) is 1.39. The van der Waals surface area contributed by atoms with E-state index >= 15 is 0 Å². The van der Waals surface area contributed by atoms with Crippen molar-refractivity contribution in [2.45, 2.75) is 23.8 Å². The summed E-state index contributed by atoms with van der Waals surface area (Å²) in [5, 5.41) is 12.1. The molecule has 0 aliphatic carbocycles. The number of hydrogen-bond acceptors (Lipinski definition) is 5. The number of nitrogens with one attached hydrogen (secondary N) is 1. The quantitative estimate of drug-likeness (QED) is 0.576. The first kappa shape index (κ1) is 21.0. The van der Waals surface area contributed by atoms with Crippen molar-refractivity contribution >= 4 is 44.2 Å². The summed E-state index contributed by atoms with van der Waals surface area (Å²) < 4.78 is 32.9. The molecule has 1 saturated heterocycles. The number of carbonyl (C=O) groups is 1. The van der Waals surface area contributed by atoms with Gasteiger partial charge >= 0.3 is 0 Å². The van der Waals surface area contributed by atoms with Crippen LogP contribution in [-0.4, -0.2) is 50.0 Å². The molecule has 2 aromatic rings. The molecule has 1 fully saturated rings. The summed E-state index contributed by atoms with van der Waals surface area (Å²) in [5.74, 6) is 0.394. The molecular weight excluding hydrogens is 495 g/mol. The zero-order valence-electron chi connectivity index (χ0n) is 15.3. The number of hydrogen-bond donors (Lipinski definition) is 2. The van der Waals surface area contributed by atoms with Crippen molar-refractivity contribution in [1.82, 2.24) is 4.31 Å². The van der Waals surface area contributed by atoms with E-state index in [1.54, 1.807) is 37.4 Å². The summed E-state index contributed by atoms with van der Waals surface area (Å²) in [7, 11) is -2.10. The van der Waals surface area contributed by atoms with Gasteiger partial charge in [0.1, 0.15) is 5.75 Å². The lowest BCUT2D eigenvalue weighted by Crippen LogP contribution is -2.37. The third-order valence-electron chi connectivity index (χ3n) is 4.67. The lowest BCUT2D eigenvalue weighted by Gasteiger charge is -2.22. The van der Waals surface area contributed by atoms with Crippen molar-refractivity contribution in [3.05, 3.63) is 51.6 Å². The number of amides is 1. The van der Waals surface area contributed by atoms with Crippen molar-refractivity contribution in [3.63, 3.8) is 0 Å². The van der Waals surface area contributed by atoms with Crippen LogP contribution in [-0.2, 0) is 10.0 Å². The summed E-state index contributed by atoms with van der Waals surface area (Å²) in [4.78, 5) is 12.6. The number of halogens is 1. The van der Waals surface area contributed by atoms with Crippen LogP contribution in [0.2, 0.25) is 0 Å². The topological polar surface area (TPSA) is 95.9 Å². The first-order valence-corrected chi connectivity index (χ1v) is 11.3. The van der Waals surface area contributed by atoms with Crippen molar-refractivity contribution in [2.24, 2.45) is 0 Å². The van der Waals surface area contributed by atoms with E-state index in [4.69, 9.17) is 4.74 Å². The van der Waals surface area contributed by atoms with Gasteiger partial charge in [0, 0.05) is 23.8 Å². The second-order valence-electron chi connectivity index (χ2n) is 6.42. The molecule has 0 unspecified atom stereocenters. The maximum Gasteiger partial charge on any atom is 0.255 e. The molecule has 0 saturated carbocycles. The Morgan fingerprint density at radius 1 is 1.29 bits per heavy atom. The number of sulfonamides is 1. The highest BCUT2D eigenvalue weighted by Crippen LogP contribution is 2.27. The lowest BCUT2D eigenvalue weighted by atomic mass is 10.2. The van der Waals surface area contributed by atoms with Gasteiger partial charge in [-0.1, -0.05) is 0 Å². The zero-order valence-corrected chi connectivity index (χ0v) is 18.2. The molecule has 1 aliphatic heterocycles. The monoisotopic (exact) mass is 516 g/mol. The number of carbonyl (C=O) groups excluding carboxylic acids is 1. The number of anilines is 1. The van der Waals surface area contributed by atoms with Crippen LogP contribution in [0.1, 0.15) is 23.2 Å². The molecule has 3 rings (SSSR count). The number of nitrogens with zero attached hydrogens (tertiary/aromatic N) is 1. The third-order valence-corrected chi connectivity index (χ3v) is 7.48. The summed E-state index contributed by atoms with van der Waals surface area (Å²) in [6, 6.07) is 10.8. The SMILES string of the molecule is COc1ccc(C(=O)Nc2ccc(S(=O)(=O)N3CCC[C@H]3CO)cc2)cc1I. The Hall–Kier alpha value is -1.69. The summed E-state index contributed by atoms with van der Waals surface area (Å²) in [5.41, 5.74) is 0.972. The molecule has 1 aliphatic rings. The Morgan fingerprint density at radius 2 is 2.00 bits per heavy atom. The van der Waals surface area contributed by atoms with Gasteiger partial charge in [-0.15, -0.1) is 0 Å². The van der Waals surface area contributed by atoms with Crippen molar-refractivity contribution < 1.29 is 23.1 Å². The average Bonchev–Trinajstić information content (AvgIpc) is 3.18. The van der Waals surface area contributed by atoms with Crippen LogP contribution >= 0.6 is 22.6 Å². The smallest absolute Gasteiger partial charge is 0.255 e. The van der Waals surface area contributed by atoms with Crippen LogP contribution in [0.5, 0.6) is 5.75 Å². The average molecular weight is 516 g/mol. The van der Waals surface area contributed by atoms with E-state index in [1.807, 2.05) is 0 Å². The largest absolute Gasteiger partial charge is 0.496 e. The molecule has 1 atom stereocenters. The van der Waals surface area contributed by atoms with Gasteiger partial charge in [0.05, 0.1) is 22.2 Å². The second-order valence-corrected chi connectivity index (χ2v) is 9.47. The van der Waals surface area contributed by atoms with E-state index in [2.05, 4.69) is 27.9 Å². The molecule has 0 radical (unpaired) electrons. The van der Waals surface area contributed by atoms with Gasteiger partial charge in [0.2, 0.25) is 10.0 Å². The second kappa shape index (κ2) is 8.76. The van der Waals surface area contributed by atoms with Crippen LogP contribution in [0.15, 0.2) is 47.4 Å². The molecule has 2 aromatic carbocycles. The molecule has 0 bridgehead atoms. The summed E-state index contributed by atoms with van der Waals surface area (Å²) in [6.45, 7) is 0.218. The molecule has 9 heteroatoms. The molecule has 150 valence electrons. The Kier molecular flexibility index (Phi) is 6.58. The fraction of sp³-hybridized carbons (Fsp3) is 0.316. The fourth-order valence-electron chi connectivity index (χ4n) is 3.16. The highest BCUT2D eigenvalue weighted by Gasteiger charge is 2.34. The molecule has 2 N–H and O–H groups in total. The lowest BCUT2D eigenvalue weighted by molar-refractivity contribution is 0.102. The third kappa shape index (κ3) is 4.32. The zero-order chi connectivity index (χ0) is 20.3. The van der Waals surface area contributed by atoms with E-state index in [0.29, 0.717) is 30.0 Å². The van der Waals surface area contributed by atoms with Crippen molar-refractivity contribution in [2.75, 3.05) is 25.6 Å². The molecule has 1 heterocycles. The van der Waals surface area contributed by atoms with Gasteiger partial charge in [0.15, 0.2) is 0 Å². The van der Waals surface area contributed by atoms with E-state index in [-0.39, 0.29) is 23.5 Å². The highest BCUT2D eigenvalue weighted by molar-refractivity contribution is 14.1. The number of aliphatic hydroxyl groups excluding tert-OH is 1. The minimum Gasteiger partial charge on any atom is -0.496 e. The Morgan fingerprint density at radius 3 is 2.61 bits per heavy atom. The van der Waals surface area contributed by atoms with Gasteiger partial charge in [0.25, 0.3) is 5.91 Å². The number of benzene rings is 2. The molecule has 7 nitrogen and oxygen atoms in total. The van der Waals surface area contributed by atoms with E-state index in [0.717, 1.165) is 9.99 Å². The van der Waals surface area contributed by atoms with Crippen LogP contribution < -0.4 is 10.1 Å². The van der Waals surface area contributed by atoms with Gasteiger partial charge in [-0.3, -0.25) is 4.79 Å². The fourth-order valence-corrected chi connectivity index (χ4v) is 5.58. The van der Waals surface area contributed by atoms with Crippen LogP contribution in [0.25, 0.3) is 0 Å². The number of rotatable bonds is 6. The first-order chi connectivity index (χ1) is 13.4. The van der Waals surface area contributed by atoms with Gasteiger partial charge < -0.3 is 15.2 Å². The maximum atomic E-state index is 12.8. The van der Waals surface area contributed by atoms with Crippen LogP contribution in [0.4, 0.5) is 5.69 Å². The van der Waals surface area contributed by atoms with Crippen molar-refractivity contribution in [1.29, 1.82) is 0 Å². The van der Waals surface area contributed by atoms with E-state index in [1.165, 1.54) is 16.4 Å². The number of aliphatic hydroxyl groups is 1. The predicted molar refractivity (Wildman–Crippen MR) is 114 cm³/mol. The van der Waals surface area contributed by atoms with Crippen LogP contribution in [0, 0.1) is 3.57 Å².